The highest BCUT2D eigenvalue weighted by molar-refractivity contribution is 5.59. The van der Waals surface area contributed by atoms with Crippen LogP contribution in [0.3, 0.4) is 0 Å². The molecule has 0 N–H and O–H groups in total. The lowest BCUT2D eigenvalue weighted by Crippen LogP contribution is -2.17. The van der Waals surface area contributed by atoms with Crippen molar-refractivity contribution in [3.63, 3.8) is 0 Å². The van der Waals surface area contributed by atoms with Crippen molar-refractivity contribution in [2.24, 2.45) is 0 Å². The van der Waals surface area contributed by atoms with Crippen molar-refractivity contribution < 1.29 is 13.5 Å². The lowest BCUT2D eigenvalue weighted by Gasteiger charge is -2.17. The number of hydrogen-bond acceptors (Lipinski definition) is 3. The molecule has 0 spiro atoms. The number of pyridine rings is 2. The summed E-state index contributed by atoms with van der Waals surface area (Å²) in [4.78, 5) is 8.02. The Morgan fingerprint density at radius 2 is 1.70 bits per heavy atom. The van der Waals surface area contributed by atoms with E-state index in [2.05, 4.69) is 9.97 Å². The second kappa shape index (κ2) is 6.12. The van der Waals surface area contributed by atoms with Gasteiger partial charge >= 0.3 is 5.92 Å². The fourth-order valence-electron chi connectivity index (χ4n) is 2.24. The molecule has 23 heavy (non-hydrogen) atoms. The van der Waals surface area contributed by atoms with Crippen molar-refractivity contribution in [3.05, 3.63) is 78.2 Å². The maximum absolute atomic E-state index is 14.7. The Morgan fingerprint density at radius 3 is 2.35 bits per heavy atom. The molecule has 0 aliphatic carbocycles. The zero-order valence-electron chi connectivity index (χ0n) is 12.4. The summed E-state index contributed by atoms with van der Waals surface area (Å²) in [5.41, 5.74) is 0.778. The van der Waals surface area contributed by atoms with Crippen LogP contribution in [0.25, 0.3) is 11.3 Å². The highest BCUT2D eigenvalue weighted by Gasteiger charge is 2.35. The van der Waals surface area contributed by atoms with Crippen LogP contribution in [0, 0.1) is 0 Å². The number of nitrogens with zero attached hydrogens (tertiary/aromatic N) is 2. The van der Waals surface area contributed by atoms with Gasteiger partial charge in [-0.2, -0.15) is 8.78 Å². The molecule has 0 amide bonds. The Balaban J connectivity index is 1.99. The standard InChI is InChI=1S/C18H14F2N2O/c1-23-15-7-5-14(6-8-15)18(19,20)17-12-13(9-11-22-17)16-4-2-3-10-21-16/h2-12H,1H3. The molecule has 1 aromatic carbocycles. The second-order valence-electron chi connectivity index (χ2n) is 4.95. The summed E-state index contributed by atoms with van der Waals surface area (Å²) < 4.78 is 34.4. The fourth-order valence-corrected chi connectivity index (χ4v) is 2.24. The van der Waals surface area contributed by atoms with E-state index in [9.17, 15) is 8.78 Å². The molecular formula is C18H14F2N2O. The molecule has 5 heteroatoms. The number of methoxy groups -OCH3 is 1. The Bertz CT molecular complexity index is 790. The maximum atomic E-state index is 14.7. The van der Waals surface area contributed by atoms with Crippen LogP contribution < -0.4 is 4.74 Å². The van der Waals surface area contributed by atoms with Gasteiger partial charge in [-0.3, -0.25) is 9.97 Å². The molecule has 0 bridgehead atoms. The number of alkyl halides is 2. The molecule has 2 heterocycles. The van der Waals surface area contributed by atoms with Gasteiger partial charge in [0.1, 0.15) is 11.4 Å². The third kappa shape index (κ3) is 3.04. The minimum absolute atomic E-state index is 0.135. The average molecular weight is 312 g/mol. The molecule has 0 atom stereocenters. The molecule has 2 aromatic heterocycles. The van der Waals surface area contributed by atoms with E-state index in [1.807, 2.05) is 6.07 Å². The van der Waals surface area contributed by atoms with Gasteiger partial charge in [0.2, 0.25) is 0 Å². The Labute approximate surface area is 132 Å². The minimum atomic E-state index is -3.20. The van der Waals surface area contributed by atoms with E-state index >= 15 is 0 Å². The van der Waals surface area contributed by atoms with Gasteiger partial charge < -0.3 is 4.74 Å². The summed E-state index contributed by atoms with van der Waals surface area (Å²) in [5, 5.41) is 0. The van der Waals surface area contributed by atoms with Gasteiger partial charge in [0.25, 0.3) is 0 Å². The fraction of sp³-hybridized carbons (Fsp3) is 0.111. The van der Waals surface area contributed by atoms with E-state index in [0.29, 0.717) is 17.0 Å². The molecule has 0 aliphatic rings. The van der Waals surface area contributed by atoms with Crippen molar-refractivity contribution in [3.8, 4) is 17.0 Å². The van der Waals surface area contributed by atoms with Crippen molar-refractivity contribution in [1.29, 1.82) is 0 Å². The van der Waals surface area contributed by atoms with Crippen LogP contribution in [-0.4, -0.2) is 17.1 Å². The topological polar surface area (TPSA) is 35.0 Å². The summed E-state index contributed by atoms with van der Waals surface area (Å²) in [7, 11) is 1.49. The number of rotatable bonds is 4. The minimum Gasteiger partial charge on any atom is -0.497 e. The molecular weight excluding hydrogens is 298 g/mol. The van der Waals surface area contributed by atoms with E-state index in [1.165, 1.54) is 43.6 Å². The first-order valence-electron chi connectivity index (χ1n) is 7.01. The monoisotopic (exact) mass is 312 g/mol. The highest BCUT2D eigenvalue weighted by atomic mass is 19.3. The molecule has 3 rings (SSSR count). The molecule has 3 nitrogen and oxygen atoms in total. The Kier molecular flexibility index (Phi) is 4.02. The number of ether oxygens (including phenoxy) is 1. The summed E-state index contributed by atoms with van der Waals surface area (Å²) in [6, 6.07) is 14.1. The van der Waals surface area contributed by atoms with Crippen LogP contribution in [0.1, 0.15) is 11.3 Å². The predicted octanol–water partition coefficient (Wildman–Crippen LogP) is 4.29. The van der Waals surface area contributed by atoms with E-state index < -0.39 is 5.92 Å². The van der Waals surface area contributed by atoms with Crippen LogP contribution in [0.5, 0.6) is 5.75 Å². The molecule has 0 saturated carbocycles. The summed E-state index contributed by atoms with van der Waals surface area (Å²) in [5.74, 6) is -2.67. The van der Waals surface area contributed by atoms with Gasteiger partial charge in [-0.15, -0.1) is 0 Å². The Hall–Kier alpha value is -2.82. The van der Waals surface area contributed by atoms with Gasteiger partial charge in [-0.1, -0.05) is 6.07 Å². The number of benzene rings is 1. The van der Waals surface area contributed by atoms with Gasteiger partial charge in [-0.25, -0.2) is 0 Å². The highest BCUT2D eigenvalue weighted by Crippen LogP contribution is 2.36. The molecule has 116 valence electrons. The van der Waals surface area contributed by atoms with Crippen LogP contribution in [-0.2, 0) is 5.92 Å². The quantitative estimate of drug-likeness (QED) is 0.721. The SMILES string of the molecule is COc1ccc(C(F)(F)c2cc(-c3ccccn3)ccn2)cc1. The summed E-state index contributed by atoms with van der Waals surface area (Å²) >= 11 is 0. The molecule has 3 aromatic rings. The van der Waals surface area contributed by atoms with Crippen LogP contribution >= 0.6 is 0 Å². The largest absolute Gasteiger partial charge is 0.497 e. The Morgan fingerprint density at radius 1 is 0.913 bits per heavy atom. The normalized spacial score (nSPS) is 11.3. The first kappa shape index (κ1) is 15.1. The molecule has 0 radical (unpaired) electrons. The molecule has 0 fully saturated rings. The second-order valence-corrected chi connectivity index (χ2v) is 4.95. The summed E-state index contributed by atoms with van der Waals surface area (Å²) in [6.07, 6.45) is 2.99. The third-order valence-corrected chi connectivity index (χ3v) is 3.49. The van der Waals surface area contributed by atoms with Crippen LogP contribution in [0.2, 0.25) is 0 Å². The van der Waals surface area contributed by atoms with Crippen molar-refractivity contribution in [2.75, 3.05) is 7.11 Å². The van der Waals surface area contributed by atoms with E-state index in [-0.39, 0.29) is 11.3 Å². The van der Waals surface area contributed by atoms with Gasteiger partial charge in [0.15, 0.2) is 0 Å². The number of aromatic nitrogens is 2. The molecule has 0 saturated heterocycles. The first-order valence-corrected chi connectivity index (χ1v) is 7.01. The number of halogens is 2. The third-order valence-electron chi connectivity index (χ3n) is 3.49. The smallest absolute Gasteiger partial charge is 0.314 e. The zero-order valence-corrected chi connectivity index (χ0v) is 12.4. The van der Waals surface area contributed by atoms with E-state index in [0.717, 1.165) is 0 Å². The van der Waals surface area contributed by atoms with E-state index in [1.54, 1.807) is 24.4 Å². The van der Waals surface area contributed by atoms with Crippen molar-refractivity contribution in [2.45, 2.75) is 5.92 Å². The van der Waals surface area contributed by atoms with E-state index in [4.69, 9.17) is 4.74 Å². The van der Waals surface area contributed by atoms with Gasteiger partial charge in [0, 0.05) is 23.5 Å². The molecule has 0 aliphatic heterocycles. The van der Waals surface area contributed by atoms with Crippen molar-refractivity contribution in [1.82, 2.24) is 9.97 Å². The van der Waals surface area contributed by atoms with Crippen molar-refractivity contribution >= 4 is 0 Å². The zero-order chi connectivity index (χ0) is 16.3. The predicted molar refractivity (Wildman–Crippen MR) is 83.5 cm³/mol. The van der Waals surface area contributed by atoms with Crippen LogP contribution in [0.4, 0.5) is 8.78 Å². The lowest BCUT2D eigenvalue weighted by atomic mass is 10.0. The summed E-state index contributed by atoms with van der Waals surface area (Å²) in [6.45, 7) is 0. The average Bonchev–Trinajstić information content (AvgIpc) is 2.62. The van der Waals surface area contributed by atoms with Gasteiger partial charge in [-0.05, 0) is 48.5 Å². The van der Waals surface area contributed by atoms with Gasteiger partial charge in [0.05, 0.1) is 12.8 Å². The number of hydrogen-bond donors (Lipinski definition) is 0. The maximum Gasteiger partial charge on any atom is 0.314 e. The first-order chi connectivity index (χ1) is 11.1. The molecule has 0 unspecified atom stereocenters. The van der Waals surface area contributed by atoms with Crippen LogP contribution in [0.15, 0.2) is 67.0 Å². The lowest BCUT2D eigenvalue weighted by molar-refractivity contribution is 0.0380.